The van der Waals surface area contributed by atoms with E-state index in [1.807, 2.05) is 17.5 Å². The fourth-order valence-electron chi connectivity index (χ4n) is 1.70. The lowest BCUT2D eigenvalue weighted by atomic mass is 9.91. The number of hydrogen-bond donors (Lipinski definition) is 1. The van der Waals surface area contributed by atoms with Gasteiger partial charge < -0.3 is 9.84 Å². The molecule has 0 aliphatic carbocycles. The summed E-state index contributed by atoms with van der Waals surface area (Å²) in [6, 6.07) is 4.04. The van der Waals surface area contributed by atoms with Crippen LogP contribution in [0.2, 0.25) is 0 Å². The van der Waals surface area contributed by atoms with Crippen LogP contribution in [-0.2, 0) is 4.74 Å². The molecule has 0 spiro atoms. The summed E-state index contributed by atoms with van der Waals surface area (Å²) in [5.41, 5.74) is 1.01. The molecule has 0 unspecified atom stereocenters. The molecule has 1 aliphatic rings. The van der Waals surface area contributed by atoms with Gasteiger partial charge in [-0.05, 0) is 23.4 Å². The maximum atomic E-state index is 9.80. The minimum atomic E-state index is -0.293. The molecule has 1 saturated heterocycles. The molecule has 1 fully saturated rings. The van der Waals surface area contributed by atoms with Gasteiger partial charge in [0.15, 0.2) is 0 Å². The molecule has 2 rings (SSSR count). The number of ether oxygens (including phenoxy) is 1. The molecule has 0 bridgehead atoms. The summed E-state index contributed by atoms with van der Waals surface area (Å²) in [5.74, 6) is 0.0717. The van der Waals surface area contributed by atoms with Crippen LogP contribution in [0, 0.1) is 5.92 Å². The second-order valence-corrected chi connectivity index (χ2v) is 4.49. The van der Waals surface area contributed by atoms with E-state index in [0.29, 0.717) is 13.2 Å². The molecular weight excluding hydrogens is 196 g/mol. The van der Waals surface area contributed by atoms with Crippen LogP contribution in [0.3, 0.4) is 0 Å². The predicted octanol–water partition coefficient (Wildman–Crippen LogP) is 2.16. The lowest BCUT2D eigenvalue weighted by Crippen LogP contribution is -2.32. The van der Waals surface area contributed by atoms with Crippen LogP contribution in [0.1, 0.15) is 11.3 Å². The van der Waals surface area contributed by atoms with Crippen molar-refractivity contribution in [2.45, 2.75) is 12.5 Å². The highest BCUT2D eigenvalue weighted by molar-refractivity contribution is 7.11. The summed E-state index contributed by atoms with van der Waals surface area (Å²) in [4.78, 5) is 1.15. The van der Waals surface area contributed by atoms with Crippen LogP contribution in [0.4, 0.5) is 0 Å². The molecule has 14 heavy (non-hydrogen) atoms. The maximum absolute atomic E-state index is 9.80. The Balaban J connectivity index is 2.10. The Hall–Kier alpha value is -0.640. The van der Waals surface area contributed by atoms with Gasteiger partial charge in [-0.1, -0.05) is 12.6 Å². The molecule has 76 valence electrons. The second kappa shape index (κ2) is 4.26. The number of rotatable bonds is 2. The lowest BCUT2D eigenvalue weighted by molar-refractivity contribution is -0.0138. The zero-order valence-corrected chi connectivity index (χ0v) is 8.80. The standard InChI is InChI=1S/C11H14O2S/c1-8(11-3-2-6-14-11)9-7-13-5-4-10(9)12/h2-3,6,9-10,12H,1,4-5,7H2/t9-,10-/m1/s1. The Morgan fingerprint density at radius 3 is 3.14 bits per heavy atom. The average molecular weight is 210 g/mol. The van der Waals surface area contributed by atoms with Crippen LogP contribution >= 0.6 is 11.3 Å². The van der Waals surface area contributed by atoms with Gasteiger partial charge in [-0.2, -0.15) is 0 Å². The van der Waals surface area contributed by atoms with E-state index >= 15 is 0 Å². The molecular formula is C11H14O2S. The van der Waals surface area contributed by atoms with Gasteiger partial charge in [0.25, 0.3) is 0 Å². The van der Waals surface area contributed by atoms with E-state index < -0.39 is 0 Å². The Morgan fingerprint density at radius 2 is 2.50 bits per heavy atom. The zero-order valence-electron chi connectivity index (χ0n) is 7.98. The van der Waals surface area contributed by atoms with Crippen LogP contribution in [0.15, 0.2) is 24.1 Å². The van der Waals surface area contributed by atoms with Gasteiger partial charge in [0, 0.05) is 17.4 Å². The van der Waals surface area contributed by atoms with Crippen molar-refractivity contribution >= 4 is 16.9 Å². The second-order valence-electron chi connectivity index (χ2n) is 3.54. The van der Waals surface area contributed by atoms with Crippen molar-refractivity contribution in [2.24, 2.45) is 5.92 Å². The third-order valence-electron chi connectivity index (χ3n) is 2.61. The summed E-state index contributed by atoms with van der Waals surface area (Å²) in [7, 11) is 0. The molecule has 0 saturated carbocycles. The largest absolute Gasteiger partial charge is 0.392 e. The summed E-state index contributed by atoms with van der Waals surface area (Å²) in [6.07, 6.45) is 0.424. The van der Waals surface area contributed by atoms with Crippen molar-refractivity contribution in [3.8, 4) is 0 Å². The first-order chi connectivity index (χ1) is 6.79. The molecule has 2 nitrogen and oxygen atoms in total. The highest BCUT2D eigenvalue weighted by atomic mass is 32.1. The smallest absolute Gasteiger partial charge is 0.0653 e. The third-order valence-corrected chi connectivity index (χ3v) is 3.55. The molecule has 0 radical (unpaired) electrons. The van der Waals surface area contributed by atoms with Gasteiger partial charge in [-0.25, -0.2) is 0 Å². The van der Waals surface area contributed by atoms with Crippen molar-refractivity contribution in [2.75, 3.05) is 13.2 Å². The Kier molecular flexibility index (Phi) is 3.01. The van der Waals surface area contributed by atoms with E-state index in [1.165, 1.54) is 0 Å². The Morgan fingerprint density at radius 1 is 1.64 bits per heavy atom. The van der Waals surface area contributed by atoms with E-state index in [0.717, 1.165) is 16.9 Å². The fourth-order valence-corrected chi connectivity index (χ4v) is 2.47. The molecule has 0 amide bonds. The van der Waals surface area contributed by atoms with Crippen molar-refractivity contribution in [1.82, 2.24) is 0 Å². The average Bonchev–Trinajstić information content (AvgIpc) is 2.70. The quantitative estimate of drug-likeness (QED) is 0.810. The Bertz CT molecular complexity index is 305. The van der Waals surface area contributed by atoms with Crippen LogP contribution in [-0.4, -0.2) is 24.4 Å². The van der Waals surface area contributed by atoms with Gasteiger partial charge in [0.05, 0.1) is 12.7 Å². The molecule has 1 aromatic heterocycles. The first kappa shape index (κ1) is 9.90. The fraction of sp³-hybridized carbons (Fsp3) is 0.455. The summed E-state index contributed by atoms with van der Waals surface area (Å²) in [6.45, 7) is 5.30. The maximum Gasteiger partial charge on any atom is 0.0653 e. The monoisotopic (exact) mass is 210 g/mol. The molecule has 0 aromatic carbocycles. The van der Waals surface area contributed by atoms with Crippen molar-refractivity contribution in [3.05, 3.63) is 29.0 Å². The van der Waals surface area contributed by atoms with Crippen molar-refractivity contribution < 1.29 is 9.84 Å². The summed E-state index contributed by atoms with van der Waals surface area (Å²) >= 11 is 1.66. The molecule has 1 N–H and O–H groups in total. The van der Waals surface area contributed by atoms with Crippen molar-refractivity contribution in [3.63, 3.8) is 0 Å². The van der Waals surface area contributed by atoms with Gasteiger partial charge in [-0.15, -0.1) is 11.3 Å². The van der Waals surface area contributed by atoms with E-state index in [1.54, 1.807) is 11.3 Å². The van der Waals surface area contributed by atoms with Crippen LogP contribution < -0.4 is 0 Å². The topological polar surface area (TPSA) is 29.5 Å². The SMILES string of the molecule is C=C(c1cccs1)[C@H]1COCC[C@H]1O. The van der Waals surface area contributed by atoms with E-state index in [2.05, 4.69) is 6.58 Å². The van der Waals surface area contributed by atoms with Gasteiger partial charge in [0.2, 0.25) is 0 Å². The summed E-state index contributed by atoms with van der Waals surface area (Å²) in [5, 5.41) is 11.8. The summed E-state index contributed by atoms with van der Waals surface area (Å²) < 4.78 is 5.36. The molecule has 1 aliphatic heterocycles. The highest BCUT2D eigenvalue weighted by Crippen LogP contribution is 2.31. The lowest BCUT2D eigenvalue weighted by Gasteiger charge is -2.28. The van der Waals surface area contributed by atoms with Crippen LogP contribution in [0.25, 0.3) is 5.57 Å². The van der Waals surface area contributed by atoms with Gasteiger partial charge in [0.1, 0.15) is 0 Å². The number of aliphatic hydroxyl groups excluding tert-OH is 1. The van der Waals surface area contributed by atoms with E-state index in [9.17, 15) is 5.11 Å². The van der Waals surface area contributed by atoms with E-state index in [4.69, 9.17) is 4.74 Å². The predicted molar refractivity (Wildman–Crippen MR) is 58.3 cm³/mol. The minimum Gasteiger partial charge on any atom is -0.392 e. The number of hydrogen-bond acceptors (Lipinski definition) is 3. The zero-order chi connectivity index (χ0) is 9.97. The number of aliphatic hydroxyl groups is 1. The number of thiophene rings is 1. The first-order valence-corrected chi connectivity index (χ1v) is 5.65. The molecule has 1 aromatic rings. The molecule has 3 heteroatoms. The highest BCUT2D eigenvalue weighted by Gasteiger charge is 2.26. The minimum absolute atomic E-state index is 0.0717. The van der Waals surface area contributed by atoms with Gasteiger partial charge >= 0.3 is 0 Å². The third kappa shape index (κ3) is 1.90. The van der Waals surface area contributed by atoms with Crippen molar-refractivity contribution in [1.29, 1.82) is 0 Å². The molecule has 2 heterocycles. The Labute approximate surface area is 87.8 Å². The first-order valence-electron chi connectivity index (χ1n) is 4.77. The van der Waals surface area contributed by atoms with Gasteiger partial charge in [-0.3, -0.25) is 0 Å². The van der Waals surface area contributed by atoms with Crippen LogP contribution in [0.5, 0.6) is 0 Å². The molecule has 2 atom stereocenters. The normalized spacial score (nSPS) is 27.5. The van der Waals surface area contributed by atoms with E-state index in [-0.39, 0.29) is 12.0 Å².